The highest BCUT2D eigenvalue weighted by molar-refractivity contribution is 7.86. The summed E-state index contributed by atoms with van der Waals surface area (Å²) in [6, 6.07) is 0. The van der Waals surface area contributed by atoms with Gasteiger partial charge in [-0.15, -0.1) is 0 Å². The number of hydrogen-bond acceptors (Lipinski definition) is 4. The van der Waals surface area contributed by atoms with Crippen molar-refractivity contribution < 1.29 is 13.2 Å². The average molecular weight is 319 g/mol. The zero-order valence-electron chi connectivity index (χ0n) is 13.1. The van der Waals surface area contributed by atoms with Gasteiger partial charge in [0.25, 0.3) is 10.2 Å². The van der Waals surface area contributed by atoms with E-state index in [1.54, 1.807) is 8.61 Å². The van der Waals surface area contributed by atoms with Gasteiger partial charge in [-0.05, 0) is 12.8 Å². The van der Waals surface area contributed by atoms with Crippen molar-refractivity contribution in [3.05, 3.63) is 0 Å². The van der Waals surface area contributed by atoms with Crippen LogP contribution in [0.2, 0.25) is 0 Å². The molecule has 0 aromatic heterocycles. The molecule has 124 valence electrons. The Labute approximate surface area is 128 Å². The molecule has 2 aliphatic rings. The topological polar surface area (TPSA) is 75.9 Å². The van der Waals surface area contributed by atoms with Crippen LogP contribution in [-0.4, -0.2) is 62.0 Å². The van der Waals surface area contributed by atoms with Gasteiger partial charge in [0.2, 0.25) is 0 Å². The molecule has 1 heterocycles. The van der Waals surface area contributed by atoms with Crippen LogP contribution in [0.1, 0.15) is 45.4 Å². The fourth-order valence-corrected chi connectivity index (χ4v) is 5.56. The number of rotatable bonds is 5. The van der Waals surface area contributed by atoms with Crippen molar-refractivity contribution in [2.45, 2.75) is 51.0 Å². The van der Waals surface area contributed by atoms with Crippen LogP contribution >= 0.6 is 0 Å². The third-order valence-electron chi connectivity index (χ3n) is 4.81. The van der Waals surface area contributed by atoms with Crippen LogP contribution < -0.4 is 5.73 Å². The molecule has 0 aromatic carbocycles. The maximum absolute atomic E-state index is 13.0. The second kappa shape index (κ2) is 7.37. The first-order valence-corrected chi connectivity index (χ1v) is 9.52. The van der Waals surface area contributed by atoms with E-state index in [1.807, 2.05) is 6.92 Å². The van der Waals surface area contributed by atoms with Gasteiger partial charge in [0.1, 0.15) is 0 Å². The Morgan fingerprint density at radius 2 is 1.71 bits per heavy atom. The summed E-state index contributed by atoms with van der Waals surface area (Å²) in [5.41, 5.74) is 5.66. The number of hydrogen-bond donors (Lipinski definition) is 1. The molecule has 0 unspecified atom stereocenters. The summed E-state index contributed by atoms with van der Waals surface area (Å²) in [5, 5.41) is 0. The Balaban J connectivity index is 2.26. The van der Waals surface area contributed by atoms with E-state index < -0.39 is 15.7 Å². The quantitative estimate of drug-likeness (QED) is 0.765. The highest BCUT2D eigenvalue weighted by atomic mass is 32.2. The number of nitrogens with zero attached hydrogens (tertiary/aromatic N) is 2. The predicted molar refractivity (Wildman–Crippen MR) is 83.2 cm³/mol. The molecule has 0 amide bonds. The van der Waals surface area contributed by atoms with E-state index in [4.69, 9.17) is 10.5 Å². The van der Waals surface area contributed by atoms with Gasteiger partial charge in [0.05, 0.1) is 13.2 Å². The van der Waals surface area contributed by atoms with E-state index in [0.717, 1.165) is 25.7 Å². The molecule has 6 nitrogen and oxygen atoms in total. The van der Waals surface area contributed by atoms with Crippen molar-refractivity contribution in [3.63, 3.8) is 0 Å². The van der Waals surface area contributed by atoms with Crippen LogP contribution in [0.3, 0.4) is 0 Å². The van der Waals surface area contributed by atoms with Gasteiger partial charge in [-0.3, -0.25) is 0 Å². The van der Waals surface area contributed by atoms with Crippen molar-refractivity contribution in [2.24, 2.45) is 5.73 Å². The lowest BCUT2D eigenvalue weighted by atomic mass is 9.90. The van der Waals surface area contributed by atoms with Gasteiger partial charge in [0, 0.05) is 31.7 Å². The third-order valence-corrected chi connectivity index (χ3v) is 7.03. The van der Waals surface area contributed by atoms with Gasteiger partial charge in [-0.25, -0.2) is 0 Å². The molecule has 2 N–H and O–H groups in total. The fraction of sp³-hybridized carbons (Fsp3) is 1.00. The fourth-order valence-electron chi connectivity index (χ4n) is 3.60. The first-order valence-electron chi connectivity index (χ1n) is 8.12. The molecule has 1 saturated heterocycles. The minimum absolute atomic E-state index is 0.400. The zero-order valence-corrected chi connectivity index (χ0v) is 13.9. The second-order valence-corrected chi connectivity index (χ2v) is 7.88. The van der Waals surface area contributed by atoms with E-state index in [-0.39, 0.29) is 0 Å². The summed E-state index contributed by atoms with van der Waals surface area (Å²) >= 11 is 0. The molecule has 7 heteroatoms. The number of likely N-dealkylation sites (N-methyl/N-ethyl adjacent to an activating group) is 1. The van der Waals surface area contributed by atoms with Gasteiger partial charge in [0.15, 0.2) is 0 Å². The van der Waals surface area contributed by atoms with Crippen molar-refractivity contribution in [3.8, 4) is 0 Å². The lowest BCUT2D eigenvalue weighted by molar-refractivity contribution is 0.0653. The monoisotopic (exact) mass is 319 g/mol. The molecular formula is C14H29N3O3S. The maximum Gasteiger partial charge on any atom is 0.282 e. The summed E-state index contributed by atoms with van der Waals surface area (Å²) in [5.74, 6) is 0. The lowest BCUT2D eigenvalue weighted by Gasteiger charge is -2.44. The van der Waals surface area contributed by atoms with Crippen LogP contribution in [0, 0.1) is 0 Å². The number of ether oxygens (including phenoxy) is 1. The molecule has 0 spiro atoms. The number of nitrogens with two attached hydrogens (primary N) is 1. The minimum Gasteiger partial charge on any atom is -0.379 e. The number of morpholine rings is 1. The van der Waals surface area contributed by atoms with E-state index in [0.29, 0.717) is 39.4 Å². The van der Waals surface area contributed by atoms with Crippen LogP contribution in [0.25, 0.3) is 0 Å². The molecule has 0 radical (unpaired) electrons. The van der Waals surface area contributed by atoms with Crippen LogP contribution in [0.15, 0.2) is 0 Å². The highest BCUT2D eigenvalue weighted by Crippen LogP contribution is 2.34. The molecule has 0 atom stereocenters. The normalized spacial score (nSPS) is 24.9. The van der Waals surface area contributed by atoms with E-state index in [9.17, 15) is 8.42 Å². The minimum atomic E-state index is -3.45. The van der Waals surface area contributed by atoms with Crippen molar-refractivity contribution in [1.29, 1.82) is 0 Å². The van der Waals surface area contributed by atoms with Crippen molar-refractivity contribution >= 4 is 10.2 Å². The largest absolute Gasteiger partial charge is 0.379 e. The summed E-state index contributed by atoms with van der Waals surface area (Å²) in [6.45, 7) is 4.65. The standard InChI is InChI=1S/C14H29N3O3S/c1-2-17(14(13-15)7-5-3-4-6-8-14)21(18,19)16-9-11-20-12-10-16/h2-13,15H2,1H3. The smallest absolute Gasteiger partial charge is 0.282 e. The van der Waals surface area contributed by atoms with Crippen molar-refractivity contribution in [2.75, 3.05) is 39.4 Å². The van der Waals surface area contributed by atoms with Crippen LogP contribution in [0.4, 0.5) is 0 Å². The summed E-state index contributed by atoms with van der Waals surface area (Å²) in [6.07, 6.45) is 6.23. The summed E-state index contributed by atoms with van der Waals surface area (Å²) < 4.78 is 34.6. The van der Waals surface area contributed by atoms with E-state index in [1.165, 1.54) is 12.8 Å². The Morgan fingerprint density at radius 1 is 1.14 bits per heavy atom. The summed E-state index contributed by atoms with van der Waals surface area (Å²) in [7, 11) is -3.45. The summed E-state index contributed by atoms with van der Waals surface area (Å²) in [4.78, 5) is 0. The van der Waals surface area contributed by atoms with E-state index >= 15 is 0 Å². The lowest BCUT2D eigenvalue weighted by Crippen LogP contribution is -2.60. The van der Waals surface area contributed by atoms with Crippen LogP contribution in [-0.2, 0) is 14.9 Å². The molecule has 21 heavy (non-hydrogen) atoms. The first-order chi connectivity index (χ1) is 10.1. The second-order valence-electron chi connectivity index (χ2n) is 6.03. The Hall–Kier alpha value is -0.210. The van der Waals surface area contributed by atoms with Crippen LogP contribution in [0.5, 0.6) is 0 Å². The molecule has 2 rings (SSSR count). The molecular weight excluding hydrogens is 290 g/mol. The van der Waals surface area contributed by atoms with Gasteiger partial charge < -0.3 is 10.5 Å². The molecule has 1 aliphatic heterocycles. The maximum atomic E-state index is 13.0. The average Bonchev–Trinajstić information content (AvgIpc) is 2.75. The highest BCUT2D eigenvalue weighted by Gasteiger charge is 2.44. The van der Waals surface area contributed by atoms with E-state index in [2.05, 4.69) is 0 Å². The molecule has 1 saturated carbocycles. The molecule has 0 aromatic rings. The first kappa shape index (κ1) is 17.1. The molecule has 1 aliphatic carbocycles. The van der Waals surface area contributed by atoms with Gasteiger partial charge in [-0.2, -0.15) is 17.0 Å². The van der Waals surface area contributed by atoms with Gasteiger partial charge in [-0.1, -0.05) is 32.6 Å². The molecule has 0 bridgehead atoms. The Bertz CT molecular complexity index is 413. The van der Waals surface area contributed by atoms with Crippen molar-refractivity contribution in [1.82, 2.24) is 8.61 Å². The third kappa shape index (κ3) is 3.59. The predicted octanol–water partition coefficient (Wildman–Crippen LogP) is 0.937. The Morgan fingerprint density at radius 3 is 2.19 bits per heavy atom. The molecule has 2 fully saturated rings. The Kier molecular flexibility index (Phi) is 6.02. The SMILES string of the molecule is CCN(C1(CN)CCCCCC1)S(=O)(=O)N1CCOCC1. The van der Waals surface area contributed by atoms with Gasteiger partial charge >= 0.3 is 0 Å². The zero-order chi connectivity index (χ0) is 15.3.